The number of piperidine rings is 1. The number of nitrogens with zero attached hydrogens (tertiary/aromatic N) is 4. The fourth-order valence-electron chi connectivity index (χ4n) is 3.13. The maximum atomic E-state index is 12.2. The highest BCUT2D eigenvalue weighted by atomic mass is 16.6. The van der Waals surface area contributed by atoms with Gasteiger partial charge in [-0.3, -0.25) is 4.98 Å². The van der Waals surface area contributed by atoms with Crippen LogP contribution in [0.3, 0.4) is 0 Å². The van der Waals surface area contributed by atoms with Gasteiger partial charge in [-0.05, 0) is 38.3 Å². The third kappa shape index (κ3) is 3.93. The zero-order valence-electron chi connectivity index (χ0n) is 14.3. The van der Waals surface area contributed by atoms with Crippen LogP contribution in [-0.2, 0) is 11.3 Å². The molecule has 2 aromatic heterocycles. The molecule has 128 valence electrons. The van der Waals surface area contributed by atoms with Crippen LogP contribution in [0.2, 0.25) is 0 Å². The summed E-state index contributed by atoms with van der Waals surface area (Å²) in [5, 5.41) is 0. The average Bonchev–Trinajstić information content (AvgIpc) is 3.03. The molecule has 0 aromatic carbocycles. The van der Waals surface area contributed by atoms with Crippen molar-refractivity contribution >= 4 is 6.09 Å². The van der Waals surface area contributed by atoms with Crippen molar-refractivity contribution in [2.24, 2.45) is 0 Å². The van der Waals surface area contributed by atoms with Gasteiger partial charge in [-0.2, -0.15) is 0 Å². The molecule has 1 atom stereocenters. The van der Waals surface area contributed by atoms with Gasteiger partial charge in [-0.1, -0.05) is 6.07 Å². The van der Waals surface area contributed by atoms with Crippen LogP contribution in [0, 0.1) is 0 Å². The van der Waals surface area contributed by atoms with E-state index in [1.807, 2.05) is 38.5 Å². The number of likely N-dealkylation sites (tertiary alicyclic amines) is 1. The first-order valence-corrected chi connectivity index (χ1v) is 8.49. The monoisotopic (exact) mass is 328 g/mol. The Kier molecular flexibility index (Phi) is 5.13. The zero-order chi connectivity index (χ0) is 16.9. The Hall–Kier alpha value is -2.37. The normalized spacial score (nSPS) is 18.0. The highest BCUT2D eigenvalue weighted by Gasteiger charge is 2.28. The minimum Gasteiger partial charge on any atom is -0.447 e. The van der Waals surface area contributed by atoms with E-state index in [0.717, 1.165) is 37.3 Å². The van der Waals surface area contributed by atoms with Gasteiger partial charge >= 0.3 is 6.09 Å². The maximum Gasteiger partial charge on any atom is 0.410 e. The molecule has 1 aliphatic rings. The molecule has 1 aliphatic heterocycles. The van der Waals surface area contributed by atoms with Crippen LogP contribution in [0.5, 0.6) is 0 Å². The Morgan fingerprint density at radius 1 is 1.42 bits per heavy atom. The quantitative estimate of drug-likeness (QED) is 0.865. The number of amides is 1. The molecule has 0 spiro atoms. The van der Waals surface area contributed by atoms with Crippen molar-refractivity contribution in [3.8, 4) is 0 Å². The fourth-order valence-corrected chi connectivity index (χ4v) is 3.13. The highest BCUT2D eigenvalue weighted by Crippen LogP contribution is 2.26. The van der Waals surface area contributed by atoms with Crippen LogP contribution >= 0.6 is 0 Å². The smallest absolute Gasteiger partial charge is 0.410 e. The minimum absolute atomic E-state index is 0.0922. The van der Waals surface area contributed by atoms with E-state index >= 15 is 0 Å². The lowest BCUT2D eigenvalue weighted by Gasteiger charge is -2.32. The van der Waals surface area contributed by atoms with Gasteiger partial charge in [0.25, 0.3) is 0 Å². The van der Waals surface area contributed by atoms with E-state index in [2.05, 4.69) is 20.6 Å². The molecule has 0 saturated carbocycles. The molecule has 3 rings (SSSR count). The van der Waals surface area contributed by atoms with Crippen molar-refractivity contribution in [2.75, 3.05) is 13.1 Å². The van der Waals surface area contributed by atoms with Crippen molar-refractivity contribution in [3.05, 3.63) is 48.3 Å². The summed E-state index contributed by atoms with van der Waals surface area (Å²) in [6.07, 6.45) is 9.16. The largest absolute Gasteiger partial charge is 0.447 e. The number of hydrogen-bond donors (Lipinski definition) is 0. The fraction of sp³-hybridized carbons (Fsp3) is 0.500. The van der Waals surface area contributed by atoms with Gasteiger partial charge in [0.2, 0.25) is 0 Å². The molecule has 0 radical (unpaired) electrons. The molecule has 1 amide bonds. The molecular weight excluding hydrogens is 304 g/mol. The molecular formula is C18H24N4O2. The molecule has 0 N–H and O–H groups in total. The second-order valence-corrected chi connectivity index (χ2v) is 6.49. The molecule has 1 fully saturated rings. The van der Waals surface area contributed by atoms with Crippen molar-refractivity contribution in [1.82, 2.24) is 19.4 Å². The molecule has 2 aromatic rings. The maximum absolute atomic E-state index is 12.2. The first-order chi connectivity index (χ1) is 11.6. The molecule has 0 unspecified atom stereocenters. The summed E-state index contributed by atoms with van der Waals surface area (Å²) in [7, 11) is 0. The number of carbonyl (C=O) groups excluding carboxylic acids is 1. The van der Waals surface area contributed by atoms with Gasteiger partial charge in [0.1, 0.15) is 5.82 Å². The Morgan fingerprint density at radius 3 is 3.04 bits per heavy atom. The summed E-state index contributed by atoms with van der Waals surface area (Å²) in [6.45, 7) is 5.91. The summed E-state index contributed by atoms with van der Waals surface area (Å²) in [5.74, 6) is 1.27. The molecule has 6 heteroatoms. The third-order valence-corrected chi connectivity index (χ3v) is 4.20. The SMILES string of the molecule is CC(C)OC(=O)N1CCC[C@@H](c2nccn2Cc2cccnc2)C1. The van der Waals surface area contributed by atoms with Crippen molar-refractivity contribution in [1.29, 1.82) is 0 Å². The number of pyridine rings is 1. The van der Waals surface area contributed by atoms with Gasteiger partial charge in [0.05, 0.1) is 12.6 Å². The Balaban J connectivity index is 1.70. The van der Waals surface area contributed by atoms with E-state index in [1.54, 1.807) is 11.1 Å². The van der Waals surface area contributed by atoms with Crippen LogP contribution in [0.1, 0.15) is 44.0 Å². The Labute approximate surface area is 142 Å². The lowest BCUT2D eigenvalue weighted by Crippen LogP contribution is -2.40. The number of imidazole rings is 1. The van der Waals surface area contributed by atoms with Crippen molar-refractivity contribution in [3.63, 3.8) is 0 Å². The zero-order valence-corrected chi connectivity index (χ0v) is 14.3. The Bertz CT molecular complexity index is 669. The molecule has 3 heterocycles. The van der Waals surface area contributed by atoms with Crippen LogP contribution < -0.4 is 0 Å². The average molecular weight is 328 g/mol. The van der Waals surface area contributed by atoms with E-state index in [-0.39, 0.29) is 18.1 Å². The second kappa shape index (κ2) is 7.47. The third-order valence-electron chi connectivity index (χ3n) is 4.20. The predicted molar refractivity (Wildman–Crippen MR) is 90.7 cm³/mol. The number of rotatable bonds is 4. The molecule has 0 bridgehead atoms. The van der Waals surface area contributed by atoms with Crippen LogP contribution in [0.15, 0.2) is 36.9 Å². The minimum atomic E-state index is -0.222. The lowest BCUT2D eigenvalue weighted by atomic mass is 9.97. The Morgan fingerprint density at radius 2 is 2.29 bits per heavy atom. The van der Waals surface area contributed by atoms with Crippen molar-refractivity contribution < 1.29 is 9.53 Å². The number of aromatic nitrogens is 3. The summed E-state index contributed by atoms with van der Waals surface area (Å²) in [4.78, 5) is 22.7. The topological polar surface area (TPSA) is 60.2 Å². The van der Waals surface area contributed by atoms with Crippen LogP contribution in [0.25, 0.3) is 0 Å². The van der Waals surface area contributed by atoms with Gasteiger partial charge in [0.15, 0.2) is 0 Å². The van der Waals surface area contributed by atoms with Gasteiger partial charge in [-0.25, -0.2) is 9.78 Å². The van der Waals surface area contributed by atoms with E-state index in [0.29, 0.717) is 6.54 Å². The molecule has 6 nitrogen and oxygen atoms in total. The van der Waals surface area contributed by atoms with E-state index in [9.17, 15) is 4.79 Å². The van der Waals surface area contributed by atoms with E-state index in [4.69, 9.17) is 4.74 Å². The highest BCUT2D eigenvalue weighted by molar-refractivity contribution is 5.68. The lowest BCUT2D eigenvalue weighted by molar-refractivity contribution is 0.0675. The summed E-state index contributed by atoms with van der Waals surface area (Å²) < 4.78 is 7.48. The van der Waals surface area contributed by atoms with Gasteiger partial charge in [-0.15, -0.1) is 0 Å². The first kappa shape index (κ1) is 16.5. The number of ether oxygens (including phenoxy) is 1. The van der Waals surface area contributed by atoms with Gasteiger partial charge < -0.3 is 14.2 Å². The summed E-state index contributed by atoms with van der Waals surface area (Å²) in [6, 6.07) is 4.00. The first-order valence-electron chi connectivity index (χ1n) is 8.49. The summed E-state index contributed by atoms with van der Waals surface area (Å²) >= 11 is 0. The van der Waals surface area contributed by atoms with Crippen LogP contribution in [-0.4, -0.2) is 44.7 Å². The molecule has 1 saturated heterocycles. The number of hydrogen-bond acceptors (Lipinski definition) is 4. The second-order valence-electron chi connectivity index (χ2n) is 6.49. The standard InChI is InChI=1S/C18H24N4O2/c1-14(2)24-18(23)22-9-4-6-16(13-22)17-20-8-10-21(17)12-15-5-3-7-19-11-15/h3,5,7-8,10-11,14,16H,4,6,9,12-13H2,1-2H3/t16-/m1/s1. The number of carbonyl (C=O) groups is 1. The van der Waals surface area contributed by atoms with Gasteiger partial charge in [0, 0.05) is 43.8 Å². The summed E-state index contributed by atoms with van der Waals surface area (Å²) in [5.41, 5.74) is 1.14. The van der Waals surface area contributed by atoms with Crippen molar-refractivity contribution in [2.45, 2.75) is 45.3 Å². The van der Waals surface area contributed by atoms with E-state index < -0.39 is 0 Å². The predicted octanol–water partition coefficient (Wildman–Crippen LogP) is 3.05. The molecule has 0 aliphatic carbocycles. The molecule has 24 heavy (non-hydrogen) atoms. The van der Waals surface area contributed by atoms with E-state index in [1.165, 1.54) is 0 Å². The van der Waals surface area contributed by atoms with Crippen LogP contribution in [0.4, 0.5) is 4.79 Å².